The first-order valence-corrected chi connectivity index (χ1v) is 5.04. The van der Waals surface area contributed by atoms with Crippen LogP contribution in [0.15, 0.2) is 24.3 Å². The van der Waals surface area contributed by atoms with Gasteiger partial charge in [0.05, 0.1) is 0 Å². The van der Waals surface area contributed by atoms with E-state index in [1.165, 1.54) is 0 Å². The van der Waals surface area contributed by atoms with Crippen LogP contribution in [0.3, 0.4) is 0 Å². The van der Waals surface area contributed by atoms with Gasteiger partial charge in [0.1, 0.15) is 0 Å². The summed E-state index contributed by atoms with van der Waals surface area (Å²) in [5, 5.41) is 1.16. The lowest BCUT2D eigenvalue weighted by atomic mass is 10.2. The first-order chi connectivity index (χ1) is 4.88. The second-order valence-electron chi connectivity index (χ2n) is 1.96. The van der Waals surface area contributed by atoms with Gasteiger partial charge in [-0.25, -0.2) is 0 Å². The van der Waals surface area contributed by atoms with Crippen molar-refractivity contribution >= 4 is 24.5 Å². The van der Waals surface area contributed by atoms with Crippen molar-refractivity contribution in [1.29, 1.82) is 0 Å². The molecule has 0 spiro atoms. The number of hydrogen-bond donors (Lipinski definition) is 1. The molecule has 0 amide bonds. The minimum Gasteiger partial charge on any atom is -0.326 e. The largest absolute Gasteiger partial charge is 0.326 e. The van der Waals surface area contributed by atoms with Crippen molar-refractivity contribution in [3.8, 4) is 0 Å². The van der Waals surface area contributed by atoms with Crippen molar-refractivity contribution in [3.05, 3.63) is 29.8 Å². The van der Waals surface area contributed by atoms with Crippen LogP contribution in [0.4, 0.5) is 0 Å². The predicted octanol–water partition coefficient (Wildman–Crippen LogP) is 1.60. The van der Waals surface area contributed by atoms with E-state index in [0.717, 1.165) is 10.9 Å². The van der Waals surface area contributed by atoms with E-state index in [0.29, 0.717) is 14.5 Å². The van der Waals surface area contributed by atoms with Gasteiger partial charge in [-0.15, -0.1) is 0 Å². The fraction of sp³-hybridized carbons (Fsp3) is 0.143. The monoisotopic (exact) mass is 173 g/mol. The van der Waals surface area contributed by atoms with E-state index in [1.807, 2.05) is 24.3 Å². The van der Waals surface area contributed by atoms with Crippen molar-refractivity contribution in [2.24, 2.45) is 5.73 Å². The predicted molar refractivity (Wildman–Crippen MR) is 48.1 cm³/mol. The Labute approximate surface area is 67.1 Å². The molecular formula is C7H9ClNP. The second kappa shape index (κ2) is 3.92. The topological polar surface area (TPSA) is 26.0 Å². The van der Waals surface area contributed by atoms with Crippen LogP contribution in [-0.4, -0.2) is 0 Å². The Morgan fingerprint density at radius 3 is 2.60 bits per heavy atom. The highest BCUT2D eigenvalue weighted by Gasteiger charge is 1.95. The molecule has 1 nitrogen and oxygen atoms in total. The van der Waals surface area contributed by atoms with Crippen molar-refractivity contribution < 1.29 is 0 Å². The molecule has 0 aromatic heterocycles. The molecule has 0 bridgehead atoms. The zero-order valence-electron chi connectivity index (χ0n) is 5.47. The first kappa shape index (κ1) is 8.00. The lowest BCUT2D eigenvalue weighted by molar-refractivity contribution is 1.08. The van der Waals surface area contributed by atoms with E-state index < -0.39 is 0 Å². The van der Waals surface area contributed by atoms with Gasteiger partial charge >= 0.3 is 0 Å². The van der Waals surface area contributed by atoms with Gasteiger partial charge in [-0.05, 0) is 10.9 Å². The lowest BCUT2D eigenvalue weighted by Gasteiger charge is -2.01. The SMILES string of the molecule is NCc1ccccc1PCl. The Balaban J connectivity index is 2.96. The third kappa shape index (κ3) is 1.69. The Morgan fingerprint density at radius 1 is 1.40 bits per heavy atom. The van der Waals surface area contributed by atoms with E-state index in [2.05, 4.69) is 0 Å². The molecule has 0 aliphatic heterocycles. The molecule has 1 unspecified atom stereocenters. The summed E-state index contributed by atoms with van der Waals surface area (Å²) in [6, 6.07) is 7.96. The summed E-state index contributed by atoms with van der Waals surface area (Å²) in [6.45, 7) is 0.579. The molecule has 0 aliphatic rings. The third-order valence-electron chi connectivity index (χ3n) is 1.34. The van der Waals surface area contributed by atoms with Crippen LogP contribution < -0.4 is 11.0 Å². The van der Waals surface area contributed by atoms with Crippen LogP contribution in [0.1, 0.15) is 5.56 Å². The van der Waals surface area contributed by atoms with Crippen LogP contribution in [0.5, 0.6) is 0 Å². The number of nitrogens with two attached hydrogens (primary N) is 1. The smallest absolute Gasteiger partial charge is 0.0184 e. The first-order valence-electron chi connectivity index (χ1n) is 3.03. The Hall–Kier alpha value is -0.100. The summed E-state index contributed by atoms with van der Waals surface area (Å²) in [5.74, 6) is 0. The van der Waals surface area contributed by atoms with Crippen molar-refractivity contribution in [2.75, 3.05) is 0 Å². The van der Waals surface area contributed by atoms with Crippen LogP contribution in [0, 0.1) is 0 Å². The van der Waals surface area contributed by atoms with Crippen molar-refractivity contribution in [2.45, 2.75) is 6.54 Å². The molecule has 0 heterocycles. The van der Waals surface area contributed by atoms with Gasteiger partial charge in [0.25, 0.3) is 0 Å². The number of rotatable bonds is 2. The summed E-state index contributed by atoms with van der Waals surface area (Å²) < 4.78 is 0. The van der Waals surface area contributed by atoms with Crippen molar-refractivity contribution in [1.82, 2.24) is 0 Å². The summed E-state index contributed by atoms with van der Waals surface area (Å²) in [4.78, 5) is 0. The maximum absolute atomic E-state index is 5.68. The minimum atomic E-state index is 0.328. The maximum atomic E-state index is 5.68. The fourth-order valence-corrected chi connectivity index (χ4v) is 1.81. The molecule has 0 saturated heterocycles. The highest BCUT2D eigenvalue weighted by atomic mass is 35.7. The Kier molecular flexibility index (Phi) is 3.14. The second-order valence-corrected chi connectivity index (χ2v) is 3.25. The van der Waals surface area contributed by atoms with Crippen LogP contribution in [-0.2, 0) is 6.54 Å². The van der Waals surface area contributed by atoms with Crippen LogP contribution in [0.25, 0.3) is 0 Å². The molecular weight excluding hydrogens is 165 g/mol. The standard InChI is InChI=1S/C7H9ClNP/c8-10-7-4-2-1-3-6(7)5-9/h1-4,10H,5,9H2. The molecule has 10 heavy (non-hydrogen) atoms. The third-order valence-corrected chi connectivity index (χ3v) is 2.64. The highest BCUT2D eigenvalue weighted by molar-refractivity contribution is 7.75. The van der Waals surface area contributed by atoms with Crippen LogP contribution in [0.2, 0.25) is 0 Å². The molecule has 1 aromatic rings. The van der Waals surface area contributed by atoms with Gasteiger partial charge in [-0.1, -0.05) is 35.5 Å². The molecule has 0 fully saturated rings. The summed E-state index contributed by atoms with van der Waals surface area (Å²) in [6.07, 6.45) is 0. The summed E-state index contributed by atoms with van der Waals surface area (Å²) in [7, 11) is 0.328. The van der Waals surface area contributed by atoms with Gasteiger partial charge in [0.15, 0.2) is 0 Å². The average Bonchev–Trinajstić information content (AvgIpc) is 2.04. The number of hydrogen-bond acceptors (Lipinski definition) is 1. The average molecular weight is 174 g/mol. The normalized spacial score (nSPS) is 11.0. The number of benzene rings is 1. The highest BCUT2D eigenvalue weighted by Crippen LogP contribution is 2.17. The fourth-order valence-electron chi connectivity index (χ4n) is 0.790. The molecule has 1 rings (SSSR count). The molecule has 0 radical (unpaired) electrons. The van der Waals surface area contributed by atoms with E-state index in [-0.39, 0.29) is 0 Å². The molecule has 2 N–H and O–H groups in total. The molecule has 0 aliphatic carbocycles. The quantitative estimate of drug-likeness (QED) is 0.676. The zero-order valence-corrected chi connectivity index (χ0v) is 7.23. The van der Waals surface area contributed by atoms with E-state index in [9.17, 15) is 0 Å². The molecule has 1 aromatic carbocycles. The maximum Gasteiger partial charge on any atom is 0.0184 e. The van der Waals surface area contributed by atoms with Crippen molar-refractivity contribution in [3.63, 3.8) is 0 Å². The van der Waals surface area contributed by atoms with E-state index in [4.69, 9.17) is 17.0 Å². The minimum absolute atomic E-state index is 0.328. The van der Waals surface area contributed by atoms with Gasteiger partial charge in [-0.2, -0.15) is 0 Å². The van der Waals surface area contributed by atoms with E-state index in [1.54, 1.807) is 0 Å². The summed E-state index contributed by atoms with van der Waals surface area (Å²) in [5.41, 5.74) is 6.62. The van der Waals surface area contributed by atoms with Gasteiger partial charge in [0.2, 0.25) is 0 Å². The molecule has 3 heteroatoms. The van der Waals surface area contributed by atoms with Gasteiger partial charge in [-0.3, -0.25) is 0 Å². The van der Waals surface area contributed by atoms with Gasteiger partial charge in [0, 0.05) is 14.5 Å². The molecule has 1 atom stereocenters. The summed E-state index contributed by atoms with van der Waals surface area (Å²) >= 11 is 5.68. The molecule has 54 valence electrons. The van der Waals surface area contributed by atoms with Crippen LogP contribution >= 0.6 is 19.2 Å². The van der Waals surface area contributed by atoms with Gasteiger partial charge < -0.3 is 5.73 Å². The zero-order chi connectivity index (χ0) is 7.40. The number of halogens is 1. The Bertz CT molecular complexity index is 192. The lowest BCUT2D eigenvalue weighted by Crippen LogP contribution is -2.07. The molecule has 0 saturated carbocycles. The Morgan fingerprint density at radius 2 is 2.10 bits per heavy atom. The van der Waals surface area contributed by atoms with E-state index >= 15 is 0 Å².